The highest BCUT2D eigenvalue weighted by atomic mass is 35.5. The zero-order valence-electron chi connectivity index (χ0n) is 10.9. The molecule has 0 unspecified atom stereocenters. The van der Waals surface area contributed by atoms with E-state index < -0.39 is 0 Å². The summed E-state index contributed by atoms with van der Waals surface area (Å²) in [5.41, 5.74) is 6.42. The lowest BCUT2D eigenvalue weighted by molar-refractivity contribution is 0.0690. The van der Waals surface area contributed by atoms with Crippen molar-refractivity contribution in [1.29, 1.82) is 0 Å². The molecule has 0 spiro atoms. The fraction of sp³-hybridized carbons (Fsp3) is 0.500. The van der Waals surface area contributed by atoms with Gasteiger partial charge in [0.1, 0.15) is 0 Å². The molecule has 19 heavy (non-hydrogen) atoms. The highest BCUT2D eigenvalue weighted by Gasteiger charge is 2.25. The van der Waals surface area contributed by atoms with E-state index in [1.807, 2.05) is 7.05 Å². The summed E-state index contributed by atoms with van der Waals surface area (Å²) in [4.78, 5) is 14.2. The van der Waals surface area contributed by atoms with Gasteiger partial charge in [0.15, 0.2) is 0 Å². The zero-order valence-corrected chi connectivity index (χ0v) is 12.4. The van der Waals surface area contributed by atoms with Crippen LogP contribution in [0.4, 0.5) is 0 Å². The molecule has 5 heteroatoms. The van der Waals surface area contributed by atoms with E-state index in [1.165, 1.54) is 0 Å². The second kappa shape index (κ2) is 6.12. The van der Waals surface area contributed by atoms with Gasteiger partial charge < -0.3 is 10.6 Å². The van der Waals surface area contributed by atoms with Crippen molar-refractivity contribution in [2.75, 3.05) is 7.05 Å². The Balaban J connectivity index is 2.10. The third kappa shape index (κ3) is 3.62. The van der Waals surface area contributed by atoms with Crippen LogP contribution in [0.3, 0.4) is 0 Å². The van der Waals surface area contributed by atoms with Crippen LogP contribution in [0.15, 0.2) is 18.2 Å². The van der Waals surface area contributed by atoms with Crippen molar-refractivity contribution in [1.82, 2.24) is 4.90 Å². The van der Waals surface area contributed by atoms with Crippen molar-refractivity contribution < 1.29 is 4.79 Å². The minimum atomic E-state index is -0.0372. The van der Waals surface area contributed by atoms with Gasteiger partial charge in [0.05, 0.1) is 0 Å². The topological polar surface area (TPSA) is 46.3 Å². The van der Waals surface area contributed by atoms with E-state index in [1.54, 1.807) is 23.1 Å². The number of carbonyl (C=O) groups is 1. The average Bonchev–Trinajstić information content (AvgIpc) is 2.37. The lowest BCUT2D eigenvalue weighted by Gasteiger charge is -2.33. The number of hydrogen-bond donors (Lipinski definition) is 1. The molecule has 1 aliphatic rings. The van der Waals surface area contributed by atoms with Gasteiger partial charge >= 0.3 is 0 Å². The number of carbonyl (C=O) groups excluding carboxylic acids is 1. The molecule has 1 aromatic carbocycles. The van der Waals surface area contributed by atoms with Crippen LogP contribution in [0, 0.1) is 0 Å². The molecule has 0 aliphatic heterocycles. The molecule has 1 aliphatic carbocycles. The van der Waals surface area contributed by atoms with Gasteiger partial charge in [-0.05, 0) is 43.9 Å². The first kappa shape index (κ1) is 14.6. The Hall–Kier alpha value is -0.770. The lowest BCUT2D eigenvalue weighted by Crippen LogP contribution is -2.41. The Morgan fingerprint density at radius 1 is 1.16 bits per heavy atom. The smallest absolute Gasteiger partial charge is 0.253 e. The van der Waals surface area contributed by atoms with Crippen molar-refractivity contribution in [2.24, 2.45) is 5.73 Å². The number of benzene rings is 1. The maximum absolute atomic E-state index is 12.4. The first-order valence-electron chi connectivity index (χ1n) is 6.46. The van der Waals surface area contributed by atoms with Crippen LogP contribution in [-0.2, 0) is 0 Å². The molecule has 104 valence electrons. The van der Waals surface area contributed by atoms with Gasteiger partial charge in [0.25, 0.3) is 5.91 Å². The van der Waals surface area contributed by atoms with Crippen LogP contribution in [0.2, 0.25) is 10.0 Å². The number of amides is 1. The van der Waals surface area contributed by atoms with Gasteiger partial charge in [-0.15, -0.1) is 0 Å². The highest BCUT2D eigenvalue weighted by Crippen LogP contribution is 2.24. The Bertz CT molecular complexity index is 450. The molecule has 0 aromatic heterocycles. The van der Waals surface area contributed by atoms with Crippen LogP contribution >= 0.6 is 23.2 Å². The molecule has 0 radical (unpaired) electrons. The van der Waals surface area contributed by atoms with Crippen LogP contribution in [0.5, 0.6) is 0 Å². The zero-order chi connectivity index (χ0) is 14.0. The van der Waals surface area contributed by atoms with E-state index in [0.29, 0.717) is 15.6 Å². The van der Waals surface area contributed by atoms with Gasteiger partial charge in [-0.25, -0.2) is 0 Å². The summed E-state index contributed by atoms with van der Waals surface area (Å²) in [6.45, 7) is 0. The minimum Gasteiger partial charge on any atom is -0.339 e. The summed E-state index contributed by atoms with van der Waals surface area (Å²) < 4.78 is 0. The third-order valence-corrected chi connectivity index (χ3v) is 4.16. The summed E-state index contributed by atoms with van der Waals surface area (Å²) in [7, 11) is 1.83. The number of halogens is 2. The normalized spacial score (nSPS) is 23.2. The Morgan fingerprint density at radius 2 is 1.68 bits per heavy atom. The first-order valence-corrected chi connectivity index (χ1v) is 7.22. The van der Waals surface area contributed by atoms with Gasteiger partial charge in [-0.2, -0.15) is 0 Å². The van der Waals surface area contributed by atoms with E-state index >= 15 is 0 Å². The maximum atomic E-state index is 12.4. The van der Waals surface area contributed by atoms with Gasteiger partial charge in [0, 0.05) is 34.7 Å². The highest BCUT2D eigenvalue weighted by molar-refractivity contribution is 6.35. The predicted octanol–water partition coefficient (Wildman–Crippen LogP) is 3.34. The molecule has 1 saturated carbocycles. The maximum Gasteiger partial charge on any atom is 0.253 e. The molecular formula is C14H18Cl2N2O. The third-order valence-electron chi connectivity index (χ3n) is 3.72. The summed E-state index contributed by atoms with van der Waals surface area (Å²) in [5.74, 6) is -0.0372. The van der Waals surface area contributed by atoms with E-state index in [4.69, 9.17) is 28.9 Å². The first-order chi connectivity index (χ1) is 8.97. The molecule has 0 atom stereocenters. The predicted molar refractivity (Wildman–Crippen MR) is 78.8 cm³/mol. The quantitative estimate of drug-likeness (QED) is 0.910. The van der Waals surface area contributed by atoms with Crippen molar-refractivity contribution in [3.8, 4) is 0 Å². The largest absolute Gasteiger partial charge is 0.339 e. The minimum absolute atomic E-state index is 0.0372. The molecule has 1 aromatic rings. The number of hydrogen-bond acceptors (Lipinski definition) is 2. The molecule has 0 saturated heterocycles. The van der Waals surface area contributed by atoms with Crippen LogP contribution in [0.1, 0.15) is 36.0 Å². The molecule has 1 amide bonds. The van der Waals surface area contributed by atoms with E-state index in [-0.39, 0.29) is 18.0 Å². The van der Waals surface area contributed by atoms with Crippen LogP contribution in [-0.4, -0.2) is 29.9 Å². The monoisotopic (exact) mass is 300 g/mol. The molecule has 2 N–H and O–H groups in total. The SMILES string of the molecule is CN(C(=O)c1cc(Cl)cc(Cl)c1)C1CCC(N)CC1. The summed E-state index contributed by atoms with van der Waals surface area (Å²) >= 11 is 11.9. The van der Waals surface area contributed by atoms with E-state index in [2.05, 4.69) is 0 Å². The van der Waals surface area contributed by atoms with Gasteiger partial charge in [0.2, 0.25) is 0 Å². The average molecular weight is 301 g/mol. The number of nitrogens with two attached hydrogens (primary N) is 1. The molecule has 2 rings (SSSR count). The molecule has 1 fully saturated rings. The van der Waals surface area contributed by atoms with Gasteiger partial charge in [-0.1, -0.05) is 23.2 Å². The fourth-order valence-corrected chi connectivity index (χ4v) is 3.06. The van der Waals surface area contributed by atoms with E-state index in [9.17, 15) is 4.79 Å². The van der Waals surface area contributed by atoms with Crippen molar-refractivity contribution in [3.05, 3.63) is 33.8 Å². The second-order valence-electron chi connectivity index (χ2n) is 5.14. The van der Waals surface area contributed by atoms with Crippen LogP contribution in [0.25, 0.3) is 0 Å². The summed E-state index contributed by atoms with van der Waals surface area (Å²) in [5, 5.41) is 0.963. The second-order valence-corrected chi connectivity index (χ2v) is 6.02. The van der Waals surface area contributed by atoms with Crippen molar-refractivity contribution >= 4 is 29.1 Å². The summed E-state index contributed by atoms with van der Waals surface area (Å²) in [6, 6.07) is 5.46. The molecule has 3 nitrogen and oxygen atoms in total. The van der Waals surface area contributed by atoms with Crippen molar-refractivity contribution in [2.45, 2.75) is 37.8 Å². The standard InChI is InChI=1S/C14H18Cl2N2O/c1-18(13-4-2-12(17)3-5-13)14(19)9-6-10(15)8-11(16)7-9/h6-8,12-13H,2-5,17H2,1H3. The number of rotatable bonds is 2. The molecule has 0 heterocycles. The number of nitrogens with zero attached hydrogens (tertiary/aromatic N) is 1. The van der Waals surface area contributed by atoms with Crippen LogP contribution < -0.4 is 5.73 Å². The van der Waals surface area contributed by atoms with E-state index in [0.717, 1.165) is 25.7 Å². The Kier molecular flexibility index (Phi) is 4.71. The van der Waals surface area contributed by atoms with Gasteiger partial charge in [-0.3, -0.25) is 4.79 Å². The summed E-state index contributed by atoms with van der Waals surface area (Å²) in [6.07, 6.45) is 3.85. The lowest BCUT2D eigenvalue weighted by atomic mass is 9.90. The Morgan fingerprint density at radius 3 is 2.21 bits per heavy atom. The Labute approximate surface area is 123 Å². The van der Waals surface area contributed by atoms with Crippen molar-refractivity contribution in [3.63, 3.8) is 0 Å². The molecule has 0 bridgehead atoms. The molecular weight excluding hydrogens is 283 g/mol. The fourth-order valence-electron chi connectivity index (χ4n) is 2.54.